The lowest BCUT2D eigenvalue weighted by Gasteiger charge is -2.05. The summed E-state index contributed by atoms with van der Waals surface area (Å²) in [4.78, 5) is 18.9. The van der Waals surface area contributed by atoms with Crippen LogP contribution in [0.25, 0.3) is 10.2 Å². The van der Waals surface area contributed by atoms with Gasteiger partial charge in [-0.1, -0.05) is 23.7 Å². The Kier molecular flexibility index (Phi) is 3.36. The molecular formula is C15H13ClN2OS. The molecule has 1 aromatic carbocycles. The minimum absolute atomic E-state index is 0.0202. The van der Waals surface area contributed by atoms with E-state index in [0.29, 0.717) is 11.6 Å². The molecule has 3 aromatic rings. The van der Waals surface area contributed by atoms with Gasteiger partial charge in [-0.3, -0.25) is 9.36 Å². The number of nitrogens with zero attached hydrogens (tertiary/aromatic N) is 2. The summed E-state index contributed by atoms with van der Waals surface area (Å²) >= 11 is 7.44. The van der Waals surface area contributed by atoms with Crippen LogP contribution in [0.5, 0.6) is 0 Å². The third kappa shape index (κ3) is 2.25. The van der Waals surface area contributed by atoms with Gasteiger partial charge in [-0.25, -0.2) is 4.98 Å². The first-order chi connectivity index (χ1) is 9.56. The van der Waals surface area contributed by atoms with E-state index in [1.165, 1.54) is 0 Å². The second-order valence-electron chi connectivity index (χ2n) is 4.77. The van der Waals surface area contributed by atoms with E-state index in [2.05, 4.69) is 4.98 Å². The van der Waals surface area contributed by atoms with Crippen LogP contribution in [-0.4, -0.2) is 9.55 Å². The molecule has 0 atom stereocenters. The minimum Gasteiger partial charge on any atom is -0.294 e. The van der Waals surface area contributed by atoms with Crippen LogP contribution < -0.4 is 5.56 Å². The van der Waals surface area contributed by atoms with Gasteiger partial charge in [-0.2, -0.15) is 0 Å². The topological polar surface area (TPSA) is 34.9 Å². The van der Waals surface area contributed by atoms with Gasteiger partial charge in [0.25, 0.3) is 5.56 Å². The molecule has 0 aliphatic heterocycles. The zero-order chi connectivity index (χ0) is 14.3. The Morgan fingerprint density at radius 1 is 1.25 bits per heavy atom. The number of fused-ring (bicyclic) bond motifs is 1. The van der Waals surface area contributed by atoms with Crippen molar-refractivity contribution in [3.63, 3.8) is 0 Å². The average Bonchev–Trinajstić information content (AvgIpc) is 2.72. The lowest BCUT2D eigenvalue weighted by Crippen LogP contribution is -2.21. The van der Waals surface area contributed by atoms with Gasteiger partial charge in [0.05, 0.1) is 18.3 Å². The minimum atomic E-state index is 0.0202. The van der Waals surface area contributed by atoms with Crippen LogP contribution in [-0.2, 0) is 6.54 Å². The fraction of sp³-hybridized carbons (Fsp3) is 0.200. The molecule has 5 heteroatoms. The molecule has 0 unspecified atom stereocenters. The quantitative estimate of drug-likeness (QED) is 0.722. The predicted molar refractivity (Wildman–Crippen MR) is 83.9 cm³/mol. The van der Waals surface area contributed by atoms with Crippen molar-refractivity contribution in [1.29, 1.82) is 0 Å². The molecule has 3 rings (SSSR count). The van der Waals surface area contributed by atoms with Gasteiger partial charge in [0, 0.05) is 9.90 Å². The molecule has 0 bridgehead atoms. The SMILES string of the molecule is Cc1sc2ncn(Cc3ccc(Cl)cc3)c(=O)c2c1C. The number of rotatable bonds is 2. The van der Waals surface area contributed by atoms with Gasteiger partial charge in [0.15, 0.2) is 0 Å². The summed E-state index contributed by atoms with van der Waals surface area (Å²) in [5.41, 5.74) is 2.09. The predicted octanol–water partition coefficient (Wildman–Crippen LogP) is 3.78. The van der Waals surface area contributed by atoms with E-state index in [9.17, 15) is 4.79 Å². The van der Waals surface area contributed by atoms with E-state index >= 15 is 0 Å². The Morgan fingerprint density at radius 3 is 2.65 bits per heavy atom. The first kappa shape index (κ1) is 13.3. The molecule has 2 heterocycles. The van der Waals surface area contributed by atoms with Crippen molar-refractivity contribution in [3.05, 3.63) is 62.0 Å². The fourth-order valence-corrected chi connectivity index (χ4v) is 3.28. The van der Waals surface area contributed by atoms with Gasteiger partial charge in [0.1, 0.15) is 4.83 Å². The molecule has 0 radical (unpaired) electrons. The van der Waals surface area contributed by atoms with E-state index in [0.717, 1.165) is 26.2 Å². The van der Waals surface area contributed by atoms with Crippen molar-refractivity contribution in [1.82, 2.24) is 9.55 Å². The molecule has 0 aliphatic rings. The summed E-state index contributed by atoms with van der Waals surface area (Å²) < 4.78 is 1.64. The first-order valence-electron chi connectivity index (χ1n) is 6.26. The Hall–Kier alpha value is -1.65. The Balaban J connectivity index is 2.08. The van der Waals surface area contributed by atoms with Crippen LogP contribution in [0, 0.1) is 13.8 Å². The van der Waals surface area contributed by atoms with Crippen molar-refractivity contribution in [2.24, 2.45) is 0 Å². The van der Waals surface area contributed by atoms with Crippen molar-refractivity contribution >= 4 is 33.2 Å². The van der Waals surface area contributed by atoms with Crippen molar-refractivity contribution in [2.45, 2.75) is 20.4 Å². The summed E-state index contributed by atoms with van der Waals surface area (Å²) in [5.74, 6) is 0. The number of aromatic nitrogens is 2. The van der Waals surface area contributed by atoms with Crippen LogP contribution in [0.15, 0.2) is 35.4 Å². The molecule has 0 N–H and O–H groups in total. The molecule has 0 saturated carbocycles. The van der Waals surface area contributed by atoms with Crippen molar-refractivity contribution < 1.29 is 0 Å². The molecule has 0 spiro atoms. The van der Waals surface area contributed by atoms with Gasteiger partial charge < -0.3 is 0 Å². The lowest BCUT2D eigenvalue weighted by atomic mass is 10.2. The highest BCUT2D eigenvalue weighted by Gasteiger charge is 2.12. The summed E-state index contributed by atoms with van der Waals surface area (Å²) in [6.45, 7) is 4.50. The van der Waals surface area contributed by atoms with E-state index in [-0.39, 0.29) is 5.56 Å². The number of thiophene rings is 1. The zero-order valence-corrected chi connectivity index (χ0v) is 12.8. The van der Waals surface area contributed by atoms with Gasteiger partial charge >= 0.3 is 0 Å². The van der Waals surface area contributed by atoms with Crippen LogP contribution in [0.1, 0.15) is 16.0 Å². The van der Waals surface area contributed by atoms with Crippen LogP contribution in [0.4, 0.5) is 0 Å². The lowest BCUT2D eigenvalue weighted by molar-refractivity contribution is 0.749. The third-order valence-electron chi connectivity index (χ3n) is 3.42. The molecule has 0 fully saturated rings. The number of hydrogen-bond donors (Lipinski definition) is 0. The smallest absolute Gasteiger partial charge is 0.262 e. The Morgan fingerprint density at radius 2 is 1.95 bits per heavy atom. The summed E-state index contributed by atoms with van der Waals surface area (Å²) in [5, 5.41) is 1.43. The third-order valence-corrected chi connectivity index (χ3v) is 4.79. The second kappa shape index (κ2) is 5.04. The fourth-order valence-electron chi connectivity index (χ4n) is 2.17. The summed E-state index contributed by atoms with van der Waals surface area (Å²) in [6, 6.07) is 7.50. The maximum atomic E-state index is 12.5. The molecule has 0 saturated heterocycles. The Labute approximate surface area is 125 Å². The zero-order valence-electron chi connectivity index (χ0n) is 11.2. The first-order valence-corrected chi connectivity index (χ1v) is 7.45. The number of halogens is 1. The monoisotopic (exact) mass is 304 g/mol. The summed E-state index contributed by atoms with van der Waals surface area (Å²) in [6.07, 6.45) is 1.62. The highest BCUT2D eigenvalue weighted by molar-refractivity contribution is 7.18. The van der Waals surface area contributed by atoms with Gasteiger partial charge in [-0.05, 0) is 37.1 Å². The van der Waals surface area contributed by atoms with Gasteiger partial charge in [0.2, 0.25) is 0 Å². The van der Waals surface area contributed by atoms with Crippen molar-refractivity contribution in [3.8, 4) is 0 Å². The normalized spacial score (nSPS) is 11.2. The van der Waals surface area contributed by atoms with Crippen molar-refractivity contribution in [2.75, 3.05) is 0 Å². The standard InChI is InChI=1S/C15H13ClN2OS/c1-9-10(2)20-14-13(9)15(19)18(8-17-14)7-11-3-5-12(16)6-4-11/h3-6,8H,7H2,1-2H3. The number of benzene rings is 1. The number of hydrogen-bond acceptors (Lipinski definition) is 3. The maximum Gasteiger partial charge on any atom is 0.262 e. The molecule has 20 heavy (non-hydrogen) atoms. The Bertz CT molecular complexity index is 833. The average molecular weight is 305 g/mol. The molecule has 102 valence electrons. The molecule has 2 aromatic heterocycles. The maximum absolute atomic E-state index is 12.5. The molecular weight excluding hydrogens is 292 g/mol. The summed E-state index contributed by atoms with van der Waals surface area (Å²) in [7, 11) is 0. The highest BCUT2D eigenvalue weighted by Crippen LogP contribution is 2.25. The largest absolute Gasteiger partial charge is 0.294 e. The van der Waals surface area contributed by atoms with E-state index in [1.807, 2.05) is 38.1 Å². The molecule has 3 nitrogen and oxygen atoms in total. The van der Waals surface area contributed by atoms with Crippen LogP contribution in [0.3, 0.4) is 0 Å². The van der Waals surface area contributed by atoms with Crippen LogP contribution >= 0.6 is 22.9 Å². The molecule has 0 aliphatic carbocycles. The second-order valence-corrected chi connectivity index (χ2v) is 6.41. The van der Waals surface area contributed by atoms with Gasteiger partial charge in [-0.15, -0.1) is 11.3 Å². The van der Waals surface area contributed by atoms with E-state index < -0.39 is 0 Å². The molecule has 0 amide bonds. The van der Waals surface area contributed by atoms with E-state index in [4.69, 9.17) is 11.6 Å². The highest BCUT2D eigenvalue weighted by atomic mass is 35.5. The number of aryl methyl sites for hydroxylation is 2. The van der Waals surface area contributed by atoms with E-state index in [1.54, 1.807) is 22.2 Å². The van der Waals surface area contributed by atoms with Crippen LogP contribution in [0.2, 0.25) is 5.02 Å².